The number of carbonyl (C=O) groups excluding carboxylic acids is 3. The van der Waals surface area contributed by atoms with Gasteiger partial charge in [0.15, 0.2) is 6.10 Å². The zero-order valence-corrected chi connectivity index (χ0v) is 54.8. The number of esters is 3. The summed E-state index contributed by atoms with van der Waals surface area (Å²) in [6.07, 6.45) is 87.5. The Kier molecular flexibility index (Phi) is 68.1. The number of unbranched alkanes of at least 4 members (excludes halogenated alkanes) is 51. The van der Waals surface area contributed by atoms with Crippen molar-refractivity contribution in [1.82, 2.24) is 0 Å². The minimum atomic E-state index is -0.777. The van der Waals surface area contributed by atoms with E-state index in [1.165, 1.54) is 289 Å². The lowest BCUT2D eigenvalue weighted by molar-refractivity contribution is -0.167. The van der Waals surface area contributed by atoms with E-state index in [9.17, 15) is 14.4 Å². The molecule has 6 nitrogen and oxygen atoms in total. The molecule has 476 valence electrons. The fourth-order valence-corrected chi connectivity index (χ4v) is 11.2. The van der Waals surface area contributed by atoms with E-state index in [0.717, 1.165) is 77.0 Å². The molecule has 0 aliphatic heterocycles. The maximum absolute atomic E-state index is 13.0. The lowest BCUT2D eigenvalue weighted by Gasteiger charge is -2.18. The van der Waals surface area contributed by atoms with Crippen molar-refractivity contribution in [2.24, 2.45) is 0 Å². The molecule has 0 N–H and O–H groups in total. The van der Waals surface area contributed by atoms with Gasteiger partial charge in [0, 0.05) is 19.3 Å². The van der Waals surface area contributed by atoms with E-state index in [0.29, 0.717) is 19.3 Å². The normalized spacial score (nSPS) is 12.2. The molecule has 0 aliphatic carbocycles. The summed E-state index contributed by atoms with van der Waals surface area (Å²) in [7, 11) is 0. The molecular formula is C75H140O6. The van der Waals surface area contributed by atoms with Crippen molar-refractivity contribution >= 4 is 17.9 Å². The molecule has 0 fully saturated rings. The molecule has 6 heteroatoms. The van der Waals surface area contributed by atoms with Gasteiger partial charge in [0.25, 0.3) is 0 Å². The summed E-state index contributed by atoms with van der Waals surface area (Å²) in [5.74, 6) is -0.851. The van der Waals surface area contributed by atoms with Crippen LogP contribution in [-0.4, -0.2) is 37.2 Å². The molecule has 0 bridgehead atoms. The summed E-state index contributed by atoms with van der Waals surface area (Å²) in [5.41, 5.74) is 0. The van der Waals surface area contributed by atoms with Gasteiger partial charge in [-0.15, -0.1) is 0 Å². The Hall–Kier alpha value is -2.37. The van der Waals surface area contributed by atoms with Crippen LogP contribution < -0.4 is 0 Å². The number of allylic oxidation sites excluding steroid dienone is 6. The summed E-state index contributed by atoms with van der Waals surface area (Å²) >= 11 is 0. The van der Waals surface area contributed by atoms with Gasteiger partial charge >= 0.3 is 17.9 Å². The van der Waals surface area contributed by atoms with Crippen LogP contribution in [0.2, 0.25) is 0 Å². The third-order valence-electron chi connectivity index (χ3n) is 16.6. The van der Waals surface area contributed by atoms with E-state index in [2.05, 4.69) is 57.2 Å². The van der Waals surface area contributed by atoms with Crippen LogP contribution in [0.1, 0.15) is 406 Å². The molecule has 1 unspecified atom stereocenters. The first-order chi connectivity index (χ1) is 40.0. The molecule has 0 aromatic heterocycles. The van der Waals surface area contributed by atoms with Crippen LogP contribution in [0.5, 0.6) is 0 Å². The zero-order chi connectivity index (χ0) is 58.5. The first kappa shape index (κ1) is 78.6. The summed E-state index contributed by atoms with van der Waals surface area (Å²) in [5, 5.41) is 0. The molecule has 81 heavy (non-hydrogen) atoms. The molecule has 0 saturated carbocycles. The van der Waals surface area contributed by atoms with Gasteiger partial charge in [-0.2, -0.15) is 0 Å². The first-order valence-corrected chi connectivity index (χ1v) is 36.5. The largest absolute Gasteiger partial charge is 0.462 e. The van der Waals surface area contributed by atoms with Crippen molar-refractivity contribution < 1.29 is 28.6 Å². The maximum Gasteiger partial charge on any atom is 0.306 e. The molecular weight excluding hydrogens is 997 g/mol. The van der Waals surface area contributed by atoms with E-state index in [4.69, 9.17) is 14.2 Å². The molecule has 0 heterocycles. The second kappa shape index (κ2) is 70.1. The van der Waals surface area contributed by atoms with Gasteiger partial charge in [0.1, 0.15) is 13.2 Å². The van der Waals surface area contributed by atoms with E-state index in [1.807, 2.05) is 0 Å². The van der Waals surface area contributed by atoms with E-state index in [-0.39, 0.29) is 31.1 Å². The van der Waals surface area contributed by atoms with Crippen LogP contribution in [0.15, 0.2) is 36.5 Å². The molecule has 0 aromatic carbocycles. The maximum atomic E-state index is 13.0. The minimum absolute atomic E-state index is 0.0716. The number of hydrogen-bond acceptors (Lipinski definition) is 6. The lowest BCUT2D eigenvalue weighted by Crippen LogP contribution is -2.30. The summed E-state index contributed by atoms with van der Waals surface area (Å²) in [6, 6.07) is 0. The Morgan fingerprint density at radius 2 is 0.444 bits per heavy atom. The second-order valence-corrected chi connectivity index (χ2v) is 24.9. The predicted octanol–water partition coefficient (Wildman–Crippen LogP) is 25.1. The van der Waals surface area contributed by atoms with Crippen molar-refractivity contribution in [2.75, 3.05) is 13.2 Å². The van der Waals surface area contributed by atoms with Crippen molar-refractivity contribution in [3.05, 3.63) is 36.5 Å². The van der Waals surface area contributed by atoms with Crippen molar-refractivity contribution in [3.63, 3.8) is 0 Å². The van der Waals surface area contributed by atoms with Crippen molar-refractivity contribution in [3.8, 4) is 0 Å². The summed E-state index contributed by atoms with van der Waals surface area (Å²) in [4.78, 5) is 38.5. The predicted molar refractivity (Wildman–Crippen MR) is 353 cm³/mol. The van der Waals surface area contributed by atoms with Crippen molar-refractivity contribution in [2.45, 2.75) is 412 Å². The number of carbonyl (C=O) groups is 3. The van der Waals surface area contributed by atoms with Crippen LogP contribution in [0.4, 0.5) is 0 Å². The Bertz CT molecular complexity index is 1350. The highest BCUT2D eigenvalue weighted by atomic mass is 16.6. The minimum Gasteiger partial charge on any atom is -0.462 e. The van der Waals surface area contributed by atoms with Gasteiger partial charge in [0.2, 0.25) is 0 Å². The first-order valence-electron chi connectivity index (χ1n) is 36.5. The monoisotopic (exact) mass is 1140 g/mol. The van der Waals surface area contributed by atoms with Crippen LogP contribution in [0.3, 0.4) is 0 Å². The summed E-state index contributed by atoms with van der Waals surface area (Å²) in [6.45, 7) is 6.69. The smallest absolute Gasteiger partial charge is 0.306 e. The van der Waals surface area contributed by atoms with Crippen LogP contribution in [0.25, 0.3) is 0 Å². The molecule has 0 saturated heterocycles. The quantitative estimate of drug-likeness (QED) is 0.0261. The zero-order valence-electron chi connectivity index (χ0n) is 54.8. The topological polar surface area (TPSA) is 78.9 Å². The lowest BCUT2D eigenvalue weighted by atomic mass is 10.0. The standard InChI is InChI=1S/C75H140O6/c1-4-7-10-13-16-19-22-25-28-31-34-35-36-37-38-39-40-42-44-47-50-53-56-59-62-65-68-74(77)80-71-72(70-79-73(76)67-64-61-58-55-52-49-46-43-33-30-27-24-21-18-15-12-9-6-3)81-75(78)69-66-63-60-57-54-51-48-45-41-32-29-26-23-20-17-14-11-8-5-2/h17,20,26,29,41,45,72H,4-16,18-19,21-25,27-28,30-40,42-44,46-71H2,1-3H3/b20-17-,29-26-,45-41-. The van der Waals surface area contributed by atoms with Crippen LogP contribution in [-0.2, 0) is 28.6 Å². The Morgan fingerprint density at radius 1 is 0.247 bits per heavy atom. The highest BCUT2D eigenvalue weighted by molar-refractivity contribution is 5.71. The van der Waals surface area contributed by atoms with Gasteiger partial charge in [0.05, 0.1) is 0 Å². The third kappa shape index (κ3) is 68.3. The molecule has 0 spiro atoms. The van der Waals surface area contributed by atoms with Gasteiger partial charge in [-0.1, -0.05) is 365 Å². The van der Waals surface area contributed by atoms with Crippen molar-refractivity contribution in [1.29, 1.82) is 0 Å². The molecule has 0 amide bonds. The summed E-state index contributed by atoms with van der Waals surface area (Å²) < 4.78 is 17.0. The van der Waals surface area contributed by atoms with E-state index < -0.39 is 6.10 Å². The van der Waals surface area contributed by atoms with Crippen LogP contribution >= 0.6 is 0 Å². The highest BCUT2D eigenvalue weighted by Crippen LogP contribution is 2.19. The highest BCUT2D eigenvalue weighted by Gasteiger charge is 2.19. The average Bonchev–Trinajstić information content (AvgIpc) is 3.47. The number of rotatable bonds is 68. The van der Waals surface area contributed by atoms with Gasteiger partial charge in [-0.25, -0.2) is 0 Å². The second-order valence-electron chi connectivity index (χ2n) is 24.9. The fourth-order valence-electron chi connectivity index (χ4n) is 11.2. The number of ether oxygens (including phenoxy) is 3. The average molecular weight is 1140 g/mol. The van der Waals surface area contributed by atoms with E-state index >= 15 is 0 Å². The Balaban J connectivity index is 4.28. The van der Waals surface area contributed by atoms with Gasteiger partial charge < -0.3 is 14.2 Å². The fraction of sp³-hybridized carbons (Fsp3) is 0.880. The van der Waals surface area contributed by atoms with Crippen LogP contribution in [0, 0.1) is 0 Å². The Labute approximate surface area is 506 Å². The number of hydrogen-bond donors (Lipinski definition) is 0. The van der Waals surface area contributed by atoms with E-state index in [1.54, 1.807) is 0 Å². The van der Waals surface area contributed by atoms with Gasteiger partial charge in [-0.3, -0.25) is 14.4 Å². The molecule has 0 aliphatic rings. The molecule has 0 radical (unpaired) electrons. The Morgan fingerprint density at radius 3 is 0.716 bits per heavy atom. The molecule has 0 aromatic rings. The SMILES string of the molecule is CCCCC/C=C\C/C=C\C/C=C\CCCCCCCCC(=O)OC(COC(=O)CCCCCCCCCCCCCCCCCCCC)COC(=O)CCCCCCCCCCCCCCCCCCCCCCCCCCCC. The third-order valence-corrected chi connectivity index (χ3v) is 16.6. The van der Waals surface area contributed by atoms with Gasteiger partial charge in [-0.05, 0) is 57.8 Å². The molecule has 1 atom stereocenters. The molecule has 0 rings (SSSR count).